The molecule has 1 heteroatoms. The van der Waals surface area contributed by atoms with Crippen LogP contribution in [0.4, 0.5) is 0 Å². The van der Waals surface area contributed by atoms with E-state index in [-0.39, 0.29) is 0 Å². The number of hydrogen-bond donors (Lipinski definition) is 1. The van der Waals surface area contributed by atoms with E-state index in [1.165, 1.54) is 16.7 Å². The monoisotopic (exact) mass is 273 g/mol. The van der Waals surface area contributed by atoms with Crippen LogP contribution in [0.25, 0.3) is 0 Å². The first-order valence-corrected chi connectivity index (χ1v) is 7.84. The van der Waals surface area contributed by atoms with Crippen LogP contribution in [0.1, 0.15) is 58.1 Å². The number of rotatable bonds is 7. The van der Waals surface area contributed by atoms with Gasteiger partial charge in [-0.25, -0.2) is 0 Å². The second-order valence-corrected chi connectivity index (χ2v) is 6.65. The van der Waals surface area contributed by atoms with Crippen molar-refractivity contribution in [2.45, 2.75) is 59.9 Å². The Morgan fingerprint density at radius 2 is 1.80 bits per heavy atom. The van der Waals surface area contributed by atoms with Crippen LogP contribution >= 0.6 is 0 Å². The van der Waals surface area contributed by atoms with Crippen molar-refractivity contribution in [1.29, 1.82) is 0 Å². The van der Waals surface area contributed by atoms with Crippen LogP contribution in [0.3, 0.4) is 0 Å². The molecule has 1 nitrogen and oxygen atoms in total. The van der Waals surface area contributed by atoms with Crippen molar-refractivity contribution in [3.05, 3.63) is 47.0 Å². The summed E-state index contributed by atoms with van der Waals surface area (Å²) >= 11 is 0. The zero-order chi connectivity index (χ0) is 15.1. The molecule has 20 heavy (non-hydrogen) atoms. The summed E-state index contributed by atoms with van der Waals surface area (Å²) < 4.78 is 0. The Morgan fingerprint density at radius 3 is 2.35 bits per heavy atom. The number of hydrogen-bond acceptors (Lipinski definition) is 1. The van der Waals surface area contributed by atoms with E-state index in [1.54, 1.807) is 0 Å². The summed E-state index contributed by atoms with van der Waals surface area (Å²) in [5.41, 5.74) is 4.27. The van der Waals surface area contributed by atoms with Crippen molar-refractivity contribution < 1.29 is 0 Å². The molecular formula is C19H31N. The van der Waals surface area contributed by atoms with E-state index in [0.717, 1.165) is 13.0 Å². The minimum Gasteiger partial charge on any atom is -0.310 e. The van der Waals surface area contributed by atoms with E-state index in [0.29, 0.717) is 17.9 Å². The van der Waals surface area contributed by atoms with Gasteiger partial charge in [-0.3, -0.25) is 0 Å². The van der Waals surface area contributed by atoms with Gasteiger partial charge in [0.05, 0.1) is 0 Å². The minimum absolute atomic E-state index is 0.469. The lowest BCUT2D eigenvalue weighted by atomic mass is 9.90. The van der Waals surface area contributed by atoms with Gasteiger partial charge in [-0.1, -0.05) is 56.7 Å². The molecule has 0 radical (unpaired) electrons. The summed E-state index contributed by atoms with van der Waals surface area (Å²) in [4.78, 5) is 0. The van der Waals surface area contributed by atoms with Gasteiger partial charge in [0.2, 0.25) is 0 Å². The van der Waals surface area contributed by atoms with Crippen LogP contribution in [0.15, 0.2) is 35.9 Å². The summed E-state index contributed by atoms with van der Waals surface area (Å²) in [7, 11) is 0. The Labute approximate surface area is 125 Å². The minimum atomic E-state index is 0.469. The first-order chi connectivity index (χ1) is 9.40. The fraction of sp³-hybridized carbons (Fsp3) is 0.579. The Balaban J connectivity index is 2.73. The van der Waals surface area contributed by atoms with E-state index in [4.69, 9.17) is 0 Å². The molecule has 2 unspecified atom stereocenters. The molecule has 0 aliphatic carbocycles. The van der Waals surface area contributed by atoms with Crippen LogP contribution in [0, 0.1) is 12.8 Å². The standard InChI is InChI=1S/C19H31N/c1-14(2)11-18(20-13-15(3)4)12-17(6)19-10-8-7-9-16(19)5/h7-11,15,17-18,20H,12-13H2,1-6H3. The average molecular weight is 273 g/mol. The largest absolute Gasteiger partial charge is 0.310 e. The summed E-state index contributed by atoms with van der Waals surface area (Å²) in [6.07, 6.45) is 3.53. The van der Waals surface area contributed by atoms with E-state index in [9.17, 15) is 0 Å². The third-order valence-corrected chi connectivity index (χ3v) is 3.65. The van der Waals surface area contributed by atoms with Gasteiger partial charge in [0.25, 0.3) is 0 Å². The summed E-state index contributed by atoms with van der Waals surface area (Å²) in [6.45, 7) is 14.5. The number of benzene rings is 1. The molecule has 1 aromatic rings. The summed E-state index contributed by atoms with van der Waals surface area (Å²) in [5, 5.41) is 3.69. The van der Waals surface area contributed by atoms with Gasteiger partial charge >= 0.3 is 0 Å². The summed E-state index contributed by atoms with van der Waals surface area (Å²) in [5.74, 6) is 1.27. The molecule has 1 N–H and O–H groups in total. The van der Waals surface area contributed by atoms with E-state index < -0.39 is 0 Å². The number of aryl methyl sites for hydroxylation is 1. The van der Waals surface area contributed by atoms with Crippen molar-refractivity contribution in [2.24, 2.45) is 5.92 Å². The predicted molar refractivity (Wildman–Crippen MR) is 90.3 cm³/mol. The molecule has 0 spiro atoms. The van der Waals surface area contributed by atoms with Crippen molar-refractivity contribution in [3.8, 4) is 0 Å². The smallest absolute Gasteiger partial charge is 0.0258 e. The second-order valence-electron chi connectivity index (χ2n) is 6.65. The van der Waals surface area contributed by atoms with Gasteiger partial charge in [-0.05, 0) is 56.7 Å². The van der Waals surface area contributed by atoms with E-state index in [2.05, 4.69) is 77.2 Å². The Kier molecular flexibility index (Phi) is 7.01. The lowest BCUT2D eigenvalue weighted by molar-refractivity contribution is 0.468. The molecule has 0 aliphatic rings. The molecule has 1 rings (SSSR count). The molecule has 1 aromatic carbocycles. The van der Waals surface area contributed by atoms with Gasteiger partial charge in [-0.2, -0.15) is 0 Å². The zero-order valence-electron chi connectivity index (χ0n) is 14.0. The van der Waals surface area contributed by atoms with Gasteiger partial charge in [-0.15, -0.1) is 0 Å². The van der Waals surface area contributed by atoms with Gasteiger partial charge in [0, 0.05) is 6.04 Å². The molecule has 2 atom stereocenters. The third kappa shape index (κ3) is 5.92. The molecule has 0 heterocycles. The highest BCUT2D eigenvalue weighted by Gasteiger charge is 2.14. The maximum absolute atomic E-state index is 3.69. The average Bonchev–Trinajstić information content (AvgIpc) is 2.35. The molecule has 0 bridgehead atoms. The summed E-state index contributed by atoms with van der Waals surface area (Å²) in [6, 6.07) is 9.22. The molecule has 0 amide bonds. The van der Waals surface area contributed by atoms with Crippen molar-refractivity contribution in [1.82, 2.24) is 5.32 Å². The van der Waals surface area contributed by atoms with Crippen LogP contribution in [-0.4, -0.2) is 12.6 Å². The van der Waals surface area contributed by atoms with E-state index in [1.807, 2.05) is 0 Å². The lowest BCUT2D eigenvalue weighted by Gasteiger charge is -2.22. The highest BCUT2D eigenvalue weighted by Crippen LogP contribution is 2.24. The Morgan fingerprint density at radius 1 is 1.15 bits per heavy atom. The maximum atomic E-state index is 3.69. The van der Waals surface area contributed by atoms with E-state index >= 15 is 0 Å². The molecule has 0 saturated heterocycles. The van der Waals surface area contributed by atoms with Gasteiger partial charge in [0.1, 0.15) is 0 Å². The van der Waals surface area contributed by atoms with Crippen LogP contribution < -0.4 is 5.32 Å². The van der Waals surface area contributed by atoms with Crippen LogP contribution in [0.2, 0.25) is 0 Å². The first-order valence-electron chi connectivity index (χ1n) is 7.84. The number of nitrogens with one attached hydrogen (secondary N) is 1. The van der Waals surface area contributed by atoms with Crippen molar-refractivity contribution in [2.75, 3.05) is 6.54 Å². The van der Waals surface area contributed by atoms with Crippen molar-refractivity contribution in [3.63, 3.8) is 0 Å². The maximum Gasteiger partial charge on any atom is 0.0258 e. The van der Waals surface area contributed by atoms with Crippen molar-refractivity contribution >= 4 is 0 Å². The fourth-order valence-electron chi connectivity index (χ4n) is 2.65. The van der Waals surface area contributed by atoms with Gasteiger partial charge < -0.3 is 5.32 Å². The molecule has 0 aromatic heterocycles. The predicted octanol–water partition coefficient (Wildman–Crippen LogP) is 5.07. The fourth-order valence-corrected chi connectivity index (χ4v) is 2.65. The third-order valence-electron chi connectivity index (χ3n) is 3.65. The second kappa shape index (κ2) is 8.26. The highest BCUT2D eigenvalue weighted by atomic mass is 14.9. The highest BCUT2D eigenvalue weighted by molar-refractivity contribution is 5.29. The topological polar surface area (TPSA) is 12.0 Å². The van der Waals surface area contributed by atoms with Crippen LogP contribution in [-0.2, 0) is 0 Å². The molecular weight excluding hydrogens is 242 g/mol. The Hall–Kier alpha value is -1.08. The lowest BCUT2D eigenvalue weighted by Crippen LogP contribution is -2.32. The molecule has 0 fully saturated rings. The Bertz CT molecular complexity index is 427. The van der Waals surface area contributed by atoms with Crippen LogP contribution in [0.5, 0.6) is 0 Å². The molecule has 0 saturated carbocycles. The zero-order valence-corrected chi connectivity index (χ0v) is 14.0. The quantitative estimate of drug-likeness (QED) is 0.684. The SMILES string of the molecule is CC(C)=CC(CC(C)c1ccccc1C)NCC(C)C. The molecule has 0 aliphatic heterocycles. The first kappa shape index (κ1) is 17.0. The normalized spacial score (nSPS) is 14.2. The molecule has 112 valence electrons. The number of allylic oxidation sites excluding steroid dienone is 1. The van der Waals surface area contributed by atoms with Gasteiger partial charge in [0.15, 0.2) is 0 Å².